The van der Waals surface area contributed by atoms with E-state index >= 15 is 0 Å². The molecule has 11 nitrogen and oxygen atoms in total. The number of thiophene rings is 1. The van der Waals surface area contributed by atoms with Crippen LogP contribution in [0.3, 0.4) is 0 Å². The smallest absolute Gasteiger partial charge is 0.351 e. The first kappa shape index (κ1) is 28.3. The van der Waals surface area contributed by atoms with Gasteiger partial charge in [0.05, 0.1) is 15.8 Å². The summed E-state index contributed by atoms with van der Waals surface area (Å²) in [6.07, 6.45) is -3.26. The predicted octanol–water partition coefficient (Wildman–Crippen LogP) is 5.03. The summed E-state index contributed by atoms with van der Waals surface area (Å²) in [4.78, 5) is 45.5. The molecule has 0 aliphatic heterocycles. The number of anilines is 4. The molecule has 15 heteroatoms. The molecule has 208 valence electrons. The molecule has 2 aromatic carbocycles. The van der Waals surface area contributed by atoms with E-state index in [-0.39, 0.29) is 18.7 Å². The zero-order valence-corrected chi connectivity index (χ0v) is 21.5. The van der Waals surface area contributed by atoms with Crippen LogP contribution in [-0.2, 0) is 11.0 Å². The molecule has 0 aliphatic carbocycles. The van der Waals surface area contributed by atoms with Gasteiger partial charge in [0.1, 0.15) is 17.0 Å². The molecule has 0 fully saturated rings. The highest BCUT2D eigenvalue weighted by Crippen LogP contribution is 2.35. The number of carbonyl (C=O) groups is 3. The van der Waals surface area contributed by atoms with Crippen molar-refractivity contribution in [2.75, 3.05) is 22.5 Å². The maximum Gasteiger partial charge on any atom is 0.416 e. The average Bonchev–Trinajstić information content (AvgIpc) is 3.26. The summed E-state index contributed by atoms with van der Waals surface area (Å²) in [6.45, 7) is 1.78. The Balaban J connectivity index is 1.42. The maximum absolute atomic E-state index is 12.9. The van der Waals surface area contributed by atoms with Gasteiger partial charge in [0.2, 0.25) is 5.91 Å². The molecule has 4 aromatic rings. The van der Waals surface area contributed by atoms with Crippen LogP contribution in [0.5, 0.6) is 0 Å². The monoisotopic (exact) mass is 573 g/mol. The number of halogens is 3. The van der Waals surface area contributed by atoms with Gasteiger partial charge in [-0.05, 0) is 55.0 Å². The number of alkyl halides is 3. The second-order valence-electron chi connectivity index (χ2n) is 8.36. The van der Waals surface area contributed by atoms with Gasteiger partial charge in [-0.25, -0.2) is 20.2 Å². The van der Waals surface area contributed by atoms with Gasteiger partial charge in [0, 0.05) is 30.0 Å². The summed E-state index contributed by atoms with van der Waals surface area (Å²) in [5.41, 5.74) is 2.25. The fourth-order valence-corrected chi connectivity index (χ4v) is 4.71. The van der Waals surface area contributed by atoms with E-state index in [0.29, 0.717) is 37.8 Å². The SMILES string of the molecule is Cc1c(C(=O)NCCC(=O)NO)sc2ncnc(Nc3ccc(NC(=O)Nc4cccc(C(F)(F)F)c4)cc3)c12. The van der Waals surface area contributed by atoms with E-state index in [1.165, 1.54) is 23.9 Å². The topological polar surface area (TPSA) is 157 Å². The number of urea groups is 1. The number of aromatic nitrogens is 2. The lowest BCUT2D eigenvalue weighted by molar-refractivity contribution is -0.137. The third-order valence-electron chi connectivity index (χ3n) is 5.55. The van der Waals surface area contributed by atoms with E-state index in [2.05, 4.69) is 31.2 Å². The molecular formula is C25H22F3N7O4S. The molecule has 2 aromatic heterocycles. The molecule has 40 heavy (non-hydrogen) atoms. The Labute approximate surface area is 228 Å². The minimum absolute atomic E-state index is 0.00627. The Morgan fingerprint density at radius 1 is 0.975 bits per heavy atom. The maximum atomic E-state index is 12.9. The zero-order valence-electron chi connectivity index (χ0n) is 20.7. The number of aryl methyl sites for hydroxylation is 1. The number of hydrogen-bond acceptors (Lipinski definition) is 8. The Morgan fingerprint density at radius 3 is 2.38 bits per heavy atom. The van der Waals surface area contributed by atoms with Crippen LogP contribution in [0.25, 0.3) is 10.2 Å². The van der Waals surface area contributed by atoms with Crippen LogP contribution in [0.1, 0.15) is 27.2 Å². The first-order valence-electron chi connectivity index (χ1n) is 11.6. The number of benzene rings is 2. The molecule has 0 saturated carbocycles. The number of hydrogen-bond donors (Lipinski definition) is 6. The summed E-state index contributed by atoms with van der Waals surface area (Å²) in [5.74, 6) is -0.570. The van der Waals surface area contributed by atoms with Gasteiger partial charge in [-0.3, -0.25) is 14.8 Å². The Morgan fingerprint density at radius 2 is 1.68 bits per heavy atom. The zero-order chi connectivity index (χ0) is 28.9. The van der Waals surface area contributed by atoms with Crippen LogP contribution >= 0.6 is 11.3 Å². The first-order chi connectivity index (χ1) is 19.0. The van der Waals surface area contributed by atoms with Crippen LogP contribution in [0.4, 0.5) is 40.8 Å². The molecule has 0 radical (unpaired) electrons. The van der Waals surface area contributed by atoms with Gasteiger partial charge in [-0.15, -0.1) is 11.3 Å². The Bertz CT molecular complexity index is 1560. The minimum atomic E-state index is -4.53. The number of nitrogens with zero attached hydrogens (tertiary/aromatic N) is 2. The van der Waals surface area contributed by atoms with Crippen molar-refractivity contribution in [2.24, 2.45) is 0 Å². The highest BCUT2D eigenvalue weighted by Gasteiger charge is 2.30. The second kappa shape index (κ2) is 12.0. The van der Waals surface area contributed by atoms with Crippen molar-refractivity contribution < 1.29 is 32.8 Å². The lowest BCUT2D eigenvalue weighted by atomic mass is 10.2. The molecule has 0 bridgehead atoms. The molecule has 0 unspecified atom stereocenters. The number of nitrogens with one attached hydrogen (secondary N) is 5. The van der Waals surface area contributed by atoms with Crippen molar-refractivity contribution in [3.05, 3.63) is 70.9 Å². The van der Waals surface area contributed by atoms with E-state index < -0.39 is 29.6 Å². The summed E-state index contributed by atoms with van der Waals surface area (Å²) >= 11 is 1.16. The highest BCUT2D eigenvalue weighted by atomic mass is 32.1. The van der Waals surface area contributed by atoms with Crippen molar-refractivity contribution in [1.82, 2.24) is 20.8 Å². The quantitative estimate of drug-likeness (QED) is 0.127. The summed E-state index contributed by atoms with van der Waals surface area (Å²) < 4.78 is 38.7. The Hall–Kier alpha value is -4.76. The number of hydroxylamine groups is 1. The molecular weight excluding hydrogens is 551 g/mol. The van der Waals surface area contributed by atoms with Gasteiger partial charge in [0.25, 0.3) is 5.91 Å². The average molecular weight is 574 g/mol. The van der Waals surface area contributed by atoms with Gasteiger partial charge < -0.3 is 21.3 Å². The van der Waals surface area contributed by atoms with E-state index in [1.807, 2.05) is 0 Å². The van der Waals surface area contributed by atoms with Gasteiger partial charge in [0.15, 0.2) is 0 Å². The van der Waals surface area contributed by atoms with E-state index in [4.69, 9.17) is 5.21 Å². The molecule has 0 spiro atoms. The van der Waals surface area contributed by atoms with Crippen LogP contribution in [-0.4, -0.2) is 39.6 Å². The van der Waals surface area contributed by atoms with E-state index in [1.54, 1.807) is 31.2 Å². The van der Waals surface area contributed by atoms with Crippen molar-refractivity contribution >= 4 is 62.3 Å². The second-order valence-corrected chi connectivity index (χ2v) is 9.36. The van der Waals surface area contributed by atoms with E-state index in [9.17, 15) is 27.6 Å². The Kier molecular flexibility index (Phi) is 8.45. The molecule has 0 saturated heterocycles. The normalized spacial score (nSPS) is 11.1. The molecule has 6 N–H and O–H groups in total. The number of carbonyl (C=O) groups excluding carboxylic acids is 3. The van der Waals surface area contributed by atoms with Crippen LogP contribution in [0.2, 0.25) is 0 Å². The minimum Gasteiger partial charge on any atom is -0.351 e. The van der Waals surface area contributed by atoms with Gasteiger partial charge in [-0.2, -0.15) is 13.2 Å². The summed E-state index contributed by atoms with van der Waals surface area (Å²) in [7, 11) is 0. The number of fused-ring (bicyclic) bond motifs is 1. The third-order valence-corrected chi connectivity index (χ3v) is 6.75. The molecule has 0 atom stereocenters. The predicted molar refractivity (Wildman–Crippen MR) is 143 cm³/mol. The van der Waals surface area contributed by atoms with Crippen LogP contribution in [0.15, 0.2) is 54.9 Å². The summed E-state index contributed by atoms with van der Waals surface area (Å²) in [6, 6.07) is 10.1. The number of amides is 4. The van der Waals surface area contributed by atoms with Gasteiger partial charge in [-0.1, -0.05) is 6.07 Å². The third kappa shape index (κ3) is 6.81. The fraction of sp³-hybridized carbons (Fsp3) is 0.160. The lowest BCUT2D eigenvalue weighted by Crippen LogP contribution is -2.29. The molecule has 4 amide bonds. The molecule has 4 rings (SSSR count). The molecule has 0 aliphatic rings. The van der Waals surface area contributed by atoms with Crippen LogP contribution in [0, 0.1) is 6.92 Å². The van der Waals surface area contributed by atoms with Gasteiger partial charge >= 0.3 is 12.2 Å². The van der Waals surface area contributed by atoms with Crippen molar-refractivity contribution in [3.8, 4) is 0 Å². The largest absolute Gasteiger partial charge is 0.416 e. The standard InChI is InChI=1S/C25H22F3N7O4S/c1-13-19-21(30-12-31-23(19)40-20(13)22(37)29-10-9-18(36)35-39)32-15-5-7-16(8-6-15)33-24(38)34-17-4-2-3-14(11-17)25(26,27)28/h2-8,11-12,39H,9-10H2,1H3,(H,29,37)(H,35,36)(H,30,31,32)(H2,33,34,38). The van der Waals surface area contributed by atoms with E-state index in [0.717, 1.165) is 23.5 Å². The van der Waals surface area contributed by atoms with Crippen molar-refractivity contribution in [2.45, 2.75) is 19.5 Å². The lowest BCUT2D eigenvalue weighted by Gasteiger charge is -2.11. The van der Waals surface area contributed by atoms with Crippen molar-refractivity contribution in [3.63, 3.8) is 0 Å². The van der Waals surface area contributed by atoms with Crippen molar-refractivity contribution in [1.29, 1.82) is 0 Å². The highest BCUT2D eigenvalue weighted by molar-refractivity contribution is 7.20. The number of rotatable bonds is 8. The molecule has 2 heterocycles. The summed E-state index contributed by atoms with van der Waals surface area (Å²) in [5, 5.41) is 19.9. The van der Waals surface area contributed by atoms with Crippen LogP contribution < -0.4 is 26.7 Å². The fourth-order valence-electron chi connectivity index (χ4n) is 3.65. The first-order valence-corrected chi connectivity index (χ1v) is 12.4.